The van der Waals surface area contributed by atoms with Crippen molar-refractivity contribution in [1.82, 2.24) is 4.90 Å². The van der Waals surface area contributed by atoms with Gasteiger partial charge in [-0.3, -0.25) is 0 Å². The first-order chi connectivity index (χ1) is 6.85. The van der Waals surface area contributed by atoms with Crippen LogP contribution in [0.2, 0.25) is 0 Å². The molecule has 0 bridgehead atoms. The third-order valence-corrected chi connectivity index (χ3v) is 2.06. The van der Waals surface area contributed by atoms with Crippen LogP contribution in [0.1, 0.15) is 0 Å². The van der Waals surface area contributed by atoms with E-state index in [1.54, 1.807) is 11.1 Å². The van der Waals surface area contributed by atoms with Crippen molar-refractivity contribution in [2.75, 3.05) is 0 Å². The lowest BCUT2D eigenvalue weighted by atomic mass is 10.2. The number of para-hydroxylation sites is 1. The molecule has 1 aromatic carbocycles. The Labute approximate surface area is 82.2 Å². The van der Waals surface area contributed by atoms with Crippen molar-refractivity contribution < 1.29 is 0 Å². The fraction of sp³-hybridized carbons (Fsp3) is 0. The van der Waals surface area contributed by atoms with Crippen LogP contribution in [0.5, 0.6) is 0 Å². The Bertz CT molecular complexity index is 500. The Hall–Kier alpha value is -2.03. The molecule has 3 heteroatoms. The summed E-state index contributed by atoms with van der Waals surface area (Å²) < 4.78 is 0. The molecule has 2 rings (SSSR count). The minimum absolute atomic E-state index is 0.693. The van der Waals surface area contributed by atoms with Gasteiger partial charge in [0, 0.05) is 23.8 Å². The predicted molar refractivity (Wildman–Crippen MR) is 56.0 cm³/mol. The summed E-state index contributed by atoms with van der Waals surface area (Å²) >= 11 is 0. The number of rotatable bonds is 1. The highest BCUT2D eigenvalue weighted by molar-refractivity contribution is 5.32. The van der Waals surface area contributed by atoms with Gasteiger partial charge in [0.05, 0.1) is 5.36 Å². The second kappa shape index (κ2) is 3.38. The summed E-state index contributed by atoms with van der Waals surface area (Å²) in [5.74, 6) is 0.693. The van der Waals surface area contributed by atoms with Gasteiger partial charge in [0.25, 0.3) is 0 Å². The summed E-state index contributed by atoms with van der Waals surface area (Å²) in [5.41, 5.74) is 5.46. The highest BCUT2D eigenvalue weighted by Crippen LogP contribution is 2.06. The van der Waals surface area contributed by atoms with E-state index < -0.39 is 0 Å². The van der Waals surface area contributed by atoms with E-state index >= 15 is 0 Å². The molecular weight excluding hydrogens is 174 g/mol. The number of hydrogen-bond acceptors (Lipinski definition) is 3. The van der Waals surface area contributed by atoms with E-state index in [1.807, 2.05) is 30.5 Å². The Kier molecular flexibility index (Phi) is 2.07. The molecular formula is C11H11N3. The molecule has 0 fully saturated rings. The smallest absolute Gasteiger partial charge is 0.152 e. The van der Waals surface area contributed by atoms with E-state index in [9.17, 15) is 0 Å². The number of fused-ring (bicyclic) bond motifs is 1. The van der Waals surface area contributed by atoms with Crippen LogP contribution in [-0.4, -0.2) is 4.90 Å². The minimum Gasteiger partial charge on any atom is -0.402 e. The Balaban J connectivity index is 2.71. The normalized spacial score (nSPS) is 16.9. The molecule has 70 valence electrons. The maximum Gasteiger partial charge on any atom is 0.152 e. The lowest BCUT2D eigenvalue weighted by Crippen LogP contribution is -2.32. The molecule has 0 amide bonds. The number of benzene rings is 1. The Morgan fingerprint density at radius 3 is 2.86 bits per heavy atom. The van der Waals surface area contributed by atoms with Gasteiger partial charge >= 0.3 is 0 Å². The number of hydrogen-bond donors (Lipinski definition) is 1. The van der Waals surface area contributed by atoms with Crippen LogP contribution in [0.25, 0.3) is 6.20 Å². The van der Waals surface area contributed by atoms with Gasteiger partial charge in [-0.15, -0.1) is 0 Å². The molecule has 0 aromatic heterocycles. The van der Waals surface area contributed by atoms with Crippen LogP contribution in [-0.2, 0) is 0 Å². The molecule has 14 heavy (non-hydrogen) atoms. The minimum atomic E-state index is 0.693. The van der Waals surface area contributed by atoms with Gasteiger partial charge in [-0.1, -0.05) is 24.8 Å². The molecule has 2 N–H and O–H groups in total. The zero-order valence-corrected chi connectivity index (χ0v) is 7.72. The van der Waals surface area contributed by atoms with Gasteiger partial charge in [-0.05, 0) is 6.07 Å². The Morgan fingerprint density at radius 1 is 1.36 bits per heavy atom. The van der Waals surface area contributed by atoms with Gasteiger partial charge in [-0.25, -0.2) is 4.99 Å². The van der Waals surface area contributed by atoms with Gasteiger partial charge in [-0.2, -0.15) is 0 Å². The quantitative estimate of drug-likeness (QED) is 0.682. The SMILES string of the molecule is C=CN1C=c2ccccc2=N/C1=C/N. The summed E-state index contributed by atoms with van der Waals surface area (Å²) in [7, 11) is 0. The molecule has 0 radical (unpaired) electrons. The molecule has 1 aliphatic heterocycles. The summed E-state index contributed by atoms with van der Waals surface area (Å²) in [4.78, 5) is 6.17. The van der Waals surface area contributed by atoms with Crippen LogP contribution in [0.3, 0.4) is 0 Å². The van der Waals surface area contributed by atoms with Crippen molar-refractivity contribution in [2.24, 2.45) is 10.7 Å². The maximum absolute atomic E-state index is 5.46. The topological polar surface area (TPSA) is 41.6 Å². The first-order valence-corrected chi connectivity index (χ1v) is 4.33. The first kappa shape index (κ1) is 8.56. The van der Waals surface area contributed by atoms with E-state index in [2.05, 4.69) is 11.6 Å². The van der Waals surface area contributed by atoms with Crippen molar-refractivity contribution in [3.8, 4) is 0 Å². The molecule has 1 aliphatic rings. The van der Waals surface area contributed by atoms with Crippen molar-refractivity contribution in [2.45, 2.75) is 0 Å². The monoisotopic (exact) mass is 185 g/mol. The van der Waals surface area contributed by atoms with Gasteiger partial charge in [0.15, 0.2) is 5.82 Å². The summed E-state index contributed by atoms with van der Waals surface area (Å²) in [6, 6.07) is 7.88. The van der Waals surface area contributed by atoms with E-state index in [4.69, 9.17) is 5.73 Å². The van der Waals surface area contributed by atoms with E-state index in [0.717, 1.165) is 10.6 Å². The number of nitrogens with zero attached hydrogens (tertiary/aromatic N) is 2. The average Bonchev–Trinajstić information content (AvgIpc) is 2.27. The van der Waals surface area contributed by atoms with E-state index in [-0.39, 0.29) is 0 Å². The summed E-state index contributed by atoms with van der Waals surface area (Å²) in [5, 5.41) is 2.00. The third kappa shape index (κ3) is 1.29. The zero-order chi connectivity index (χ0) is 9.97. The molecule has 1 aromatic rings. The standard InChI is InChI=1S/C11H11N3/c1-2-14-8-9-5-3-4-6-10(9)13-11(14)7-12/h2-8H,1,12H2/b11-7-. The fourth-order valence-electron chi connectivity index (χ4n) is 1.37. The molecule has 3 nitrogen and oxygen atoms in total. The average molecular weight is 185 g/mol. The van der Waals surface area contributed by atoms with Crippen molar-refractivity contribution in [3.63, 3.8) is 0 Å². The molecule has 0 spiro atoms. The molecule has 0 saturated heterocycles. The highest BCUT2D eigenvalue weighted by atomic mass is 15.2. The first-order valence-electron chi connectivity index (χ1n) is 4.33. The second-order valence-corrected chi connectivity index (χ2v) is 2.91. The van der Waals surface area contributed by atoms with Crippen molar-refractivity contribution in [1.29, 1.82) is 0 Å². The third-order valence-electron chi connectivity index (χ3n) is 2.06. The van der Waals surface area contributed by atoms with Crippen LogP contribution >= 0.6 is 0 Å². The van der Waals surface area contributed by atoms with Crippen LogP contribution < -0.4 is 16.3 Å². The lowest BCUT2D eigenvalue weighted by molar-refractivity contribution is 0.649. The highest BCUT2D eigenvalue weighted by Gasteiger charge is 2.05. The molecule has 0 saturated carbocycles. The zero-order valence-electron chi connectivity index (χ0n) is 7.72. The van der Waals surface area contributed by atoms with E-state index in [1.165, 1.54) is 6.20 Å². The van der Waals surface area contributed by atoms with Gasteiger partial charge in [0.2, 0.25) is 0 Å². The van der Waals surface area contributed by atoms with Gasteiger partial charge in [0.1, 0.15) is 0 Å². The van der Waals surface area contributed by atoms with Crippen molar-refractivity contribution >= 4 is 6.20 Å². The molecule has 1 heterocycles. The van der Waals surface area contributed by atoms with Gasteiger partial charge < -0.3 is 10.6 Å². The lowest BCUT2D eigenvalue weighted by Gasteiger charge is -2.17. The predicted octanol–water partition coefficient (Wildman–Crippen LogP) is 0.261. The van der Waals surface area contributed by atoms with Crippen molar-refractivity contribution in [3.05, 3.63) is 59.6 Å². The Morgan fingerprint density at radius 2 is 2.14 bits per heavy atom. The van der Waals surface area contributed by atoms with Crippen LogP contribution in [0.15, 0.2) is 54.1 Å². The molecule has 0 aliphatic carbocycles. The second-order valence-electron chi connectivity index (χ2n) is 2.91. The summed E-state index contributed by atoms with van der Waals surface area (Å²) in [6.45, 7) is 3.69. The molecule has 0 atom stereocenters. The molecule has 0 unspecified atom stereocenters. The van der Waals surface area contributed by atoms with E-state index in [0.29, 0.717) is 5.82 Å². The maximum atomic E-state index is 5.46. The summed E-state index contributed by atoms with van der Waals surface area (Å²) in [6.07, 6.45) is 5.10. The largest absolute Gasteiger partial charge is 0.402 e. The van der Waals surface area contributed by atoms with Crippen LogP contribution in [0.4, 0.5) is 0 Å². The van der Waals surface area contributed by atoms with Crippen LogP contribution in [0, 0.1) is 0 Å². The fourth-order valence-corrected chi connectivity index (χ4v) is 1.37. The number of nitrogens with two attached hydrogens (primary N) is 1.